The van der Waals surface area contributed by atoms with Gasteiger partial charge in [0.15, 0.2) is 0 Å². The van der Waals surface area contributed by atoms with Gasteiger partial charge in [0.25, 0.3) is 5.56 Å². The summed E-state index contributed by atoms with van der Waals surface area (Å²) in [6, 6.07) is 9.90. The topological polar surface area (TPSA) is 87.6 Å². The number of nitrogens with one attached hydrogen (secondary N) is 3. The van der Waals surface area contributed by atoms with Gasteiger partial charge in [-0.2, -0.15) is 5.10 Å². The van der Waals surface area contributed by atoms with E-state index in [0.717, 1.165) is 35.5 Å². The quantitative estimate of drug-likeness (QED) is 0.676. The van der Waals surface area contributed by atoms with Crippen LogP contribution in [0.2, 0.25) is 0 Å². The lowest BCUT2D eigenvalue weighted by Gasteiger charge is -2.20. The van der Waals surface area contributed by atoms with Crippen LogP contribution in [0.4, 0.5) is 5.95 Å². The van der Waals surface area contributed by atoms with Crippen molar-refractivity contribution in [1.82, 2.24) is 25.1 Å². The minimum Gasteiger partial charge on any atom is -0.349 e. The molecule has 0 amide bonds. The number of aromatic nitrogens is 4. The Morgan fingerprint density at radius 3 is 3.00 bits per heavy atom. The first-order valence-corrected chi connectivity index (χ1v) is 8.40. The van der Waals surface area contributed by atoms with Crippen molar-refractivity contribution in [2.75, 3.05) is 11.9 Å². The molecule has 2 aromatic heterocycles. The van der Waals surface area contributed by atoms with Gasteiger partial charge in [-0.3, -0.25) is 9.78 Å². The Hall–Kier alpha value is -2.93. The van der Waals surface area contributed by atoms with E-state index in [4.69, 9.17) is 0 Å². The number of anilines is 1. The predicted octanol–water partition coefficient (Wildman–Crippen LogP) is 1.77. The van der Waals surface area contributed by atoms with Crippen molar-refractivity contribution in [3.8, 4) is 5.69 Å². The molecule has 0 aliphatic carbocycles. The van der Waals surface area contributed by atoms with E-state index in [-0.39, 0.29) is 11.6 Å². The van der Waals surface area contributed by atoms with E-state index < -0.39 is 0 Å². The SMILES string of the molecule is C[C@H](Nc1nc2c(c(=O)[nH]1)CCNC2)c1ccccc1-n1cccn1. The molecule has 3 N–H and O–H groups in total. The Kier molecular flexibility index (Phi) is 4.07. The molecular formula is C18H20N6O. The predicted molar refractivity (Wildman–Crippen MR) is 95.9 cm³/mol. The van der Waals surface area contributed by atoms with Crippen molar-refractivity contribution < 1.29 is 0 Å². The molecule has 25 heavy (non-hydrogen) atoms. The average Bonchev–Trinajstić information content (AvgIpc) is 3.16. The molecule has 3 aromatic rings. The number of rotatable bonds is 4. The number of aromatic amines is 1. The van der Waals surface area contributed by atoms with Crippen LogP contribution in [0.25, 0.3) is 5.69 Å². The van der Waals surface area contributed by atoms with Gasteiger partial charge in [0, 0.05) is 24.5 Å². The fourth-order valence-corrected chi connectivity index (χ4v) is 3.19. The average molecular weight is 336 g/mol. The van der Waals surface area contributed by atoms with Crippen LogP contribution in [-0.4, -0.2) is 26.3 Å². The summed E-state index contributed by atoms with van der Waals surface area (Å²) in [6.45, 7) is 3.49. The van der Waals surface area contributed by atoms with Crippen molar-refractivity contribution in [3.05, 3.63) is 69.9 Å². The molecule has 7 nitrogen and oxygen atoms in total. The first-order chi connectivity index (χ1) is 12.2. The first kappa shape index (κ1) is 15.6. The molecular weight excluding hydrogens is 316 g/mol. The second-order valence-corrected chi connectivity index (χ2v) is 6.14. The number of benzene rings is 1. The third-order valence-corrected chi connectivity index (χ3v) is 4.45. The van der Waals surface area contributed by atoms with Gasteiger partial charge in [0.2, 0.25) is 5.95 Å². The van der Waals surface area contributed by atoms with Gasteiger partial charge < -0.3 is 10.6 Å². The Bertz CT molecular complexity index is 931. The minimum atomic E-state index is -0.0541. The summed E-state index contributed by atoms with van der Waals surface area (Å²) in [4.78, 5) is 19.7. The molecule has 0 saturated carbocycles. The van der Waals surface area contributed by atoms with Crippen LogP contribution < -0.4 is 16.2 Å². The molecule has 3 heterocycles. The number of nitrogens with zero attached hydrogens (tertiary/aromatic N) is 3. The summed E-state index contributed by atoms with van der Waals surface area (Å²) in [5.41, 5.74) is 3.62. The Morgan fingerprint density at radius 1 is 1.28 bits per heavy atom. The lowest BCUT2D eigenvalue weighted by Crippen LogP contribution is -2.31. The molecule has 1 aliphatic rings. The third-order valence-electron chi connectivity index (χ3n) is 4.45. The van der Waals surface area contributed by atoms with Crippen molar-refractivity contribution in [2.24, 2.45) is 0 Å². The molecule has 1 aromatic carbocycles. The Balaban J connectivity index is 1.64. The second kappa shape index (κ2) is 6.52. The van der Waals surface area contributed by atoms with Crippen LogP contribution in [0, 0.1) is 0 Å². The Labute approximate surface area is 145 Å². The van der Waals surface area contributed by atoms with Gasteiger partial charge in [0.05, 0.1) is 17.4 Å². The lowest BCUT2D eigenvalue weighted by atomic mass is 10.1. The monoisotopic (exact) mass is 336 g/mol. The van der Waals surface area contributed by atoms with Crippen LogP contribution in [0.15, 0.2) is 47.5 Å². The number of para-hydroxylation sites is 1. The zero-order valence-electron chi connectivity index (χ0n) is 14.0. The normalized spacial score (nSPS) is 14.8. The molecule has 0 radical (unpaired) electrons. The van der Waals surface area contributed by atoms with Crippen LogP contribution in [0.3, 0.4) is 0 Å². The summed E-state index contributed by atoms with van der Waals surface area (Å²) in [5, 5.41) is 10.9. The first-order valence-electron chi connectivity index (χ1n) is 8.40. The second-order valence-electron chi connectivity index (χ2n) is 6.14. The zero-order chi connectivity index (χ0) is 17.2. The van der Waals surface area contributed by atoms with Gasteiger partial charge >= 0.3 is 0 Å². The highest BCUT2D eigenvalue weighted by molar-refractivity contribution is 5.45. The van der Waals surface area contributed by atoms with E-state index in [0.29, 0.717) is 12.5 Å². The highest BCUT2D eigenvalue weighted by atomic mass is 16.1. The summed E-state index contributed by atoms with van der Waals surface area (Å²) in [5.74, 6) is 0.496. The zero-order valence-corrected chi connectivity index (χ0v) is 14.0. The van der Waals surface area contributed by atoms with Gasteiger partial charge in [-0.1, -0.05) is 18.2 Å². The maximum absolute atomic E-state index is 12.3. The molecule has 0 saturated heterocycles. The minimum absolute atomic E-state index is 0.0434. The summed E-state index contributed by atoms with van der Waals surface area (Å²) in [6.07, 6.45) is 4.39. The fourth-order valence-electron chi connectivity index (χ4n) is 3.19. The number of hydrogen-bond donors (Lipinski definition) is 3. The van der Waals surface area contributed by atoms with E-state index >= 15 is 0 Å². The van der Waals surface area contributed by atoms with Crippen molar-refractivity contribution >= 4 is 5.95 Å². The van der Waals surface area contributed by atoms with E-state index in [9.17, 15) is 4.79 Å². The number of hydrogen-bond acceptors (Lipinski definition) is 5. The van der Waals surface area contributed by atoms with E-state index in [1.54, 1.807) is 6.20 Å². The molecule has 4 rings (SSSR count). The third kappa shape index (κ3) is 3.06. The molecule has 7 heteroatoms. The maximum atomic E-state index is 12.3. The lowest BCUT2D eigenvalue weighted by molar-refractivity contribution is 0.618. The van der Waals surface area contributed by atoms with Gasteiger partial charge in [-0.05, 0) is 37.6 Å². The fraction of sp³-hybridized carbons (Fsp3) is 0.278. The summed E-state index contributed by atoms with van der Waals surface area (Å²) < 4.78 is 1.83. The maximum Gasteiger partial charge on any atom is 0.255 e. The molecule has 0 unspecified atom stereocenters. The van der Waals surface area contributed by atoms with Crippen molar-refractivity contribution in [1.29, 1.82) is 0 Å². The molecule has 128 valence electrons. The highest BCUT2D eigenvalue weighted by Crippen LogP contribution is 2.23. The number of fused-ring (bicyclic) bond motifs is 1. The van der Waals surface area contributed by atoms with E-state index in [2.05, 4.69) is 25.7 Å². The van der Waals surface area contributed by atoms with Crippen molar-refractivity contribution in [2.45, 2.75) is 25.9 Å². The van der Waals surface area contributed by atoms with Crippen LogP contribution in [0.1, 0.15) is 29.8 Å². The standard InChI is InChI=1S/C18H20N6O/c1-12(13-5-2-3-6-16(13)24-10-4-8-20-24)21-18-22-15-11-19-9-7-14(15)17(25)23-18/h2-6,8,10,12,19H,7,9,11H2,1H3,(H2,21,22,23,25)/t12-/m0/s1. The van der Waals surface area contributed by atoms with Gasteiger partial charge in [-0.25, -0.2) is 9.67 Å². The molecule has 0 bridgehead atoms. The van der Waals surface area contributed by atoms with Gasteiger partial charge in [-0.15, -0.1) is 0 Å². The highest BCUT2D eigenvalue weighted by Gasteiger charge is 2.17. The largest absolute Gasteiger partial charge is 0.349 e. The smallest absolute Gasteiger partial charge is 0.255 e. The van der Waals surface area contributed by atoms with E-state index in [1.165, 1.54) is 0 Å². The van der Waals surface area contributed by atoms with Crippen LogP contribution in [0.5, 0.6) is 0 Å². The van der Waals surface area contributed by atoms with E-state index in [1.807, 2.05) is 48.1 Å². The molecule has 1 atom stereocenters. The van der Waals surface area contributed by atoms with Gasteiger partial charge in [0.1, 0.15) is 0 Å². The molecule has 0 fully saturated rings. The summed E-state index contributed by atoms with van der Waals surface area (Å²) in [7, 11) is 0. The number of H-pyrrole nitrogens is 1. The van der Waals surface area contributed by atoms with Crippen LogP contribution in [-0.2, 0) is 13.0 Å². The molecule has 1 aliphatic heterocycles. The van der Waals surface area contributed by atoms with Crippen molar-refractivity contribution in [3.63, 3.8) is 0 Å². The van der Waals surface area contributed by atoms with Crippen LogP contribution >= 0.6 is 0 Å². The Morgan fingerprint density at radius 2 is 2.16 bits per heavy atom. The molecule has 0 spiro atoms. The summed E-state index contributed by atoms with van der Waals surface area (Å²) >= 11 is 0.